The molecule has 1 aromatic heterocycles. The van der Waals surface area contributed by atoms with Gasteiger partial charge in [0.05, 0.1) is 13.2 Å². The first kappa shape index (κ1) is 22.1. The van der Waals surface area contributed by atoms with Crippen molar-refractivity contribution in [1.29, 1.82) is 0 Å². The molecule has 6 nitrogen and oxygen atoms in total. The molecular weight excluding hydrogens is 363 g/mol. The van der Waals surface area contributed by atoms with Crippen molar-refractivity contribution in [2.45, 2.75) is 37.9 Å². The fourth-order valence-corrected chi connectivity index (χ4v) is 3.24. The van der Waals surface area contributed by atoms with E-state index >= 15 is 0 Å². The SMILES string of the molecule is Cl.Cl.O=C(CC1COCCN1)NC1CCN(Cc2ccncc2)CC1. The Bertz CT molecular complexity index is 493. The molecule has 8 heteroatoms. The molecule has 1 atom stereocenters. The van der Waals surface area contributed by atoms with Crippen LogP contribution in [0, 0.1) is 0 Å². The quantitative estimate of drug-likeness (QED) is 0.794. The number of piperidine rings is 1. The molecule has 2 saturated heterocycles. The number of carbonyl (C=O) groups excluding carboxylic acids is 1. The van der Waals surface area contributed by atoms with Gasteiger partial charge in [-0.15, -0.1) is 24.8 Å². The molecule has 0 aliphatic carbocycles. The standard InChI is InChI=1S/C17H26N4O2.2ClH/c22-17(11-16-13-23-10-7-19-16)20-15-3-8-21(9-4-15)12-14-1-5-18-6-2-14;;/h1-2,5-6,15-16,19H,3-4,7-13H2,(H,20,22);2*1H. The van der Waals surface area contributed by atoms with Crippen LogP contribution in [0.4, 0.5) is 0 Å². The number of ether oxygens (including phenoxy) is 1. The fraction of sp³-hybridized carbons (Fsp3) is 0.647. The van der Waals surface area contributed by atoms with Crippen molar-refractivity contribution >= 4 is 30.7 Å². The number of likely N-dealkylation sites (tertiary alicyclic amines) is 1. The summed E-state index contributed by atoms with van der Waals surface area (Å²) in [4.78, 5) is 18.6. The van der Waals surface area contributed by atoms with Crippen molar-refractivity contribution in [2.75, 3.05) is 32.8 Å². The summed E-state index contributed by atoms with van der Waals surface area (Å²) in [5.41, 5.74) is 1.30. The van der Waals surface area contributed by atoms with Gasteiger partial charge >= 0.3 is 0 Å². The number of aromatic nitrogens is 1. The van der Waals surface area contributed by atoms with Crippen LogP contribution in [0.2, 0.25) is 0 Å². The Morgan fingerprint density at radius 2 is 2.00 bits per heavy atom. The van der Waals surface area contributed by atoms with Crippen molar-refractivity contribution in [1.82, 2.24) is 20.5 Å². The van der Waals surface area contributed by atoms with Gasteiger partial charge in [0, 0.05) is 57.1 Å². The summed E-state index contributed by atoms with van der Waals surface area (Å²) >= 11 is 0. The summed E-state index contributed by atoms with van der Waals surface area (Å²) < 4.78 is 5.39. The van der Waals surface area contributed by atoms with E-state index in [1.807, 2.05) is 12.4 Å². The normalized spacial score (nSPS) is 21.7. The lowest BCUT2D eigenvalue weighted by molar-refractivity contribution is -0.123. The molecule has 3 rings (SSSR count). The van der Waals surface area contributed by atoms with Crippen LogP contribution < -0.4 is 10.6 Å². The zero-order valence-electron chi connectivity index (χ0n) is 14.4. The highest BCUT2D eigenvalue weighted by Gasteiger charge is 2.22. The zero-order valence-corrected chi connectivity index (χ0v) is 16.0. The topological polar surface area (TPSA) is 66.5 Å². The Balaban J connectivity index is 0.00000156. The Morgan fingerprint density at radius 3 is 2.64 bits per heavy atom. The number of nitrogens with one attached hydrogen (secondary N) is 2. The number of pyridine rings is 1. The lowest BCUT2D eigenvalue weighted by Gasteiger charge is -2.32. The molecule has 0 aromatic carbocycles. The monoisotopic (exact) mass is 390 g/mol. The van der Waals surface area contributed by atoms with Crippen LogP contribution in [-0.4, -0.2) is 60.7 Å². The molecular formula is C17H28Cl2N4O2. The summed E-state index contributed by atoms with van der Waals surface area (Å²) in [5.74, 6) is 0.139. The summed E-state index contributed by atoms with van der Waals surface area (Å²) in [6.07, 6.45) is 6.23. The van der Waals surface area contributed by atoms with Crippen LogP contribution in [0.3, 0.4) is 0 Å². The third-order valence-corrected chi connectivity index (χ3v) is 4.54. The van der Waals surface area contributed by atoms with E-state index in [2.05, 4.69) is 32.7 Å². The molecule has 1 amide bonds. The van der Waals surface area contributed by atoms with Crippen LogP contribution in [0.15, 0.2) is 24.5 Å². The number of amides is 1. The minimum atomic E-state index is 0. The first-order chi connectivity index (χ1) is 11.3. The van der Waals surface area contributed by atoms with Crippen molar-refractivity contribution in [3.8, 4) is 0 Å². The van der Waals surface area contributed by atoms with Crippen molar-refractivity contribution in [2.24, 2.45) is 0 Å². The summed E-state index contributed by atoms with van der Waals surface area (Å²) in [7, 11) is 0. The van der Waals surface area contributed by atoms with E-state index in [4.69, 9.17) is 4.74 Å². The first-order valence-electron chi connectivity index (χ1n) is 8.51. The third kappa shape index (κ3) is 7.46. The molecule has 1 unspecified atom stereocenters. The van der Waals surface area contributed by atoms with Gasteiger partial charge < -0.3 is 15.4 Å². The number of nitrogens with zero attached hydrogens (tertiary/aromatic N) is 2. The molecule has 2 fully saturated rings. The van der Waals surface area contributed by atoms with E-state index in [0.717, 1.165) is 45.6 Å². The molecule has 0 saturated carbocycles. The van der Waals surface area contributed by atoms with E-state index in [0.29, 0.717) is 19.1 Å². The van der Waals surface area contributed by atoms with Gasteiger partial charge in [-0.3, -0.25) is 14.7 Å². The lowest BCUT2D eigenvalue weighted by atomic mass is 10.0. The molecule has 25 heavy (non-hydrogen) atoms. The van der Waals surface area contributed by atoms with Crippen LogP contribution in [-0.2, 0) is 16.1 Å². The maximum atomic E-state index is 12.1. The van der Waals surface area contributed by atoms with Gasteiger partial charge in [-0.2, -0.15) is 0 Å². The van der Waals surface area contributed by atoms with E-state index in [9.17, 15) is 4.79 Å². The minimum Gasteiger partial charge on any atom is -0.378 e. The van der Waals surface area contributed by atoms with Gasteiger partial charge in [-0.25, -0.2) is 0 Å². The molecule has 0 spiro atoms. The van der Waals surface area contributed by atoms with Gasteiger partial charge in [0.25, 0.3) is 0 Å². The summed E-state index contributed by atoms with van der Waals surface area (Å²) in [6.45, 7) is 5.24. The number of morpholine rings is 1. The predicted octanol–water partition coefficient (Wildman–Crippen LogP) is 1.38. The molecule has 0 radical (unpaired) electrons. The molecule has 3 heterocycles. The van der Waals surface area contributed by atoms with Gasteiger partial charge in [0.2, 0.25) is 5.91 Å². The number of hydrogen-bond acceptors (Lipinski definition) is 5. The summed E-state index contributed by atoms with van der Waals surface area (Å²) in [6, 6.07) is 4.59. The van der Waals surface area contributed by atoms with Gasteiger partial charge in [0.1, 0.15) is 0 Å². The van der Waals surface area contributed by atoms with Crippen LogP contribution in [0.5, 0.6) is 0 Å². The van der Waals surface area contributed by atoms with Gasteiger partial charge in [-0.1, -0.05) is 0 Å². The van der Waals surface area contributed by atoms with Gasteiger partial charge in [-0.05, 0) is 30.5 Å². The maximum absolute atomic E-state index is 12.1. The average Bonchev–Trinajstić information content (AvgIpc) is 2.58. The summed E-state index contributed by atoms with van der Waals surface area (Å²) in [5, 5.41) is 6.50. The predicted molar refractivity (Wildman–Crippen MR) is 102 cm³/mol. The second-order valence-electron chi connectivity index (χ2n) is 6.40. The Kier molecular flexibility index (Phi) is 10.3. The van der Waals surface area contributed by atoms with Crippen LogP contribution in [0.25, 0.3) is 0 Å². The zero-order chi connectivity index (χ0) is 15.9. The van der Waals surface area contributed by atoms with Crippen molar-refractivity contribution in [3.63, 3.8) is 0 Å². The second-order valence-corrected chi connectivity index (χ2v) is 6.40. The number of rotatable bonds is 5. The molecule has 0 bridgehead atoms. The fourth-order valence-electron chi connectivity index (χ4n) is 3.24. The molecule has 2 aliphatic heterocycles. The Hall–Kier alpha value is -0.920. The first-order valence-corrected chi connectivity index (χ1v) is 8.51. The second kappa shape index (κ2) is 11.6. The number of halogens is 2. The Labute approximate surface area is 161 Å². The smallest absolute Gasteiger partial charge is 0.221 e. The molecule has 142 valence electrons. The minimum absolute atomic E-state index is 0. The highest BCUT2D eigenvalue weighted by Crippen LogP contribution is 2.14. The third-order valence-electron chi connectivity index (χ3n) is 4.54. The van der Waals surface area contributed by atoms with E-state index in [-0.39, 0.29) is 36.8 Å². The van der Waals surface area contributed by atoms with Crippen molar-refractivity contribution in [3.05, 3.63) is 30.1 Å². The molecule has 2 N–H and O–H groups in total. The van der Waals surface area contributed by atoms with E-state index < -0.39 is 0 Å². The van der Waals surface area contributed by atoms with E-state index in [1.165, 1.54) is 5.56 Å². The van der Waals surface area contributed by atoms with Crippen molar-refractivity contribution < 1.29 is 9.53 Å². The molecule has 1 aromatic rings. The number of carbonyl (C=O) groups is 1. The van der Waals surface area contributed by atoms with Crippen LogP contribution in [0.1, 0.15) is 24.8 Å². The Morgan fingerprint density at radius 1 is 1.28 bits per heavy atom. The van der Waals surface area contributed by atoms with Gasteiger partial charge in [0.15, 0.2) is 0 Å². The van der Waals surface area contributed by atoms with Crippen LogP contribution >= 0.6 is 24.8 Å². The molecule has 2 aliphatic rings. The highest BCUT2D eigenvalue weighted by molar-refractivity contribution is 5.85. The average molecular weight is 391 g/mol. The lowest BCUT2D eigenvalue weighted by Crippen LogP contribution is -2.48. The maximum Gasteiger partial charge on any atom is 0.221 e. The largest absolute Gasteiger partial charge is 0.378 e. The highest BCUT2D eigenvalue weighted by atomic mass is 35.5. The van der Waals surface area contributed by atoms with E-state index in [1.54, 1.807) is 0 Å². The number of hydrogen-bond donors (Lipinski definition) is 2.